The van der Waals surface area contributed by atoms with Gasteiger partial charge in [-0.05, 0) is 140 Å². The van der Waals surface area contributed by atoms with Crippen LogP contribution in [0, 0.1) is 0 Å². The fourth-order valence-corrected chi connectivity index (χ4v) is 9.98. The van der Waals surface area contributed by atoms with E-state index in [1.54, 1.807) is 0 Å². The molecule has 0 spiro atoms. The van der Waals surface area contributed by atoms with Gasteiger partial charge < -0.3 is 0 Å². The average molecular weight is 953 g/mol. The Morgan fingerprint density at radius 3 is 0.568 bits per heavy atom. The molecular formula is C74H64. The van der Waals surface area contributed by atoms with E-state index >= 15 is 0 Å². The normalized spacial score (nSPS) is 10.9. The molecule has 0 radical (unpaired) electrons. The third kappa shape index (κ3) is 14.3. The van der Waals surface area contributed by atoms with Crippen LogP contribution in [0.5, 0.6) is 0 Å². The van der Waals surface area contributed by atoms with E-state index in [2.05, 4.69) is 297 Å². The molecule has 0 heteroatoms. The summed E-state index contributed by atoms with van der Waals surface area (Å²) in [7, 11) is 0. The zero-order valence-corrected chi connectivity index (χ0v) is 42.3. The Morgan fingerprint density at radius 2 is 0.338 bits per heavy atom. The monoisotopic (exact) mass is 953 g/mol. The Labute approximate surface area is 440 Å². The number of benzene rings is 11. The highest BCUT2D eigenvalue weighted by molar-refractivity contribution is 5.64. The SMILES string of the molecule is c1ccc(Cc2ccc(Cc3ccc(-c4ccc(CC(c5ccccc5)c5ccccc5)cc4)cc3)cc2)cc1.c1ccc(Cc2ccc(Cc3ccc(Cc4ccc(Cc5ccccc5)cc4)cc3)cc2)cc1. The fraction of sp³-hybridized carbons (Fsp3) is 0.108. The van der Waals surface area contributed by atoms with E-state index in [1.807, 2.05) is 0 Å². The second-order valence-corrected chi connectivity index (χ2v) is 19.8. The Morgan fingerprint density at radius 1 is 0.162 bits per heavy atom. The Balaban J connectivity index is 0.000000172. The van der Waals surface area contributed by atoms with Crippen LogP contribution in [0.2, 0.25) is 0 Å². The molecule has 11 rings (SSSR count). The summed E-state index contributed by atoms with van der Waals surface area (Å²) in [4.78, 5) is 0. The Hall–Kier alpha value is -8.58. The summed E-state index contributed by atoms with van der Waals surface area (Å²) in [5.41, 5.74) is 22.9. The van der Waals surface area contributed by atoms with Crippen molar-refractivity contribution in [2.24, 2.45) is 0 Å². The third-order valence-corrected chi connectivity index (χ3v) is 14.2. The highest BCUT2D eigenvalue weighted by Crippen LogP contribution is 2.30. The van der Waals surface area contributed by atoms with Crippen LogP contribution in [-0.4, -0.2) is 0 Å². The predicted octanol–water partition coefficient (Wildman–Crippen LogP) is 18.0. The van der Waals surface area contributed by atoms with Crippen LogP contribution in [-0.2, 0) is 44.9 Å². The van der Waals surface area contributed by atoms with Crippen molar-refractivity contribution in [3.8, 4) is 11.1 Å². The molecule has 74 heavy (non-hydrogen) atoms. The Kier molecular flexibility index (Phi) is 16.7. The van der Waals surface area contributed by atoms with E-state index in [9.17, 15) is 0 Å². The first-order valence-electron chi connectivity index (χ1n) is 26.3. The molecule has 11 aromatic rings. The van der Waals surface area contributed by atoms with Crippen LogP contribution < -0.4 is 0 Å². The molecule has 0 amide bonds. The molecule has 0 aliphatic rings. The van der Waals surface area contributed by atoms with Crippen molar-refractivity contribution in [2.75, 3.05) is 0 Å². The van der Waals surface area contributed by atoms with Gasteiger partial charge in [-0.3, -0.25) is 0 Å². The molecule has 0 nitrogen and oxygen atoms in total. The molecule has 0 bridgehead atoms. The topological polar surface area (TPSA) is 0 Å². The molecule has 0 atom stereocenters. The lowest BCUT2D eigenvalue weighted by Crippen LogP contribution is -2.05. The summed E-state index contributed by atoms with van der Waals surface area (Å²) in [6.07, 6.45) is 6.84. The van der Waals surface area contributed by atoms with E-state index in [4.69, 9.17) is 0 Å². The molecule has 11 aromatic carbocycles. The molecule has 0 aliphatic carbocycles. The van der Waals surface area contributed by atoms with E-state index in [0.29, 0.717) is 5.92 Å². The van der Waals surface area contributed by atoms with Crippen LogP contribution in [0.4, 0.5) is 0 Å². The van der Waals surface area contributed by atoms with Gasteiger partial charge in [0.15, 0.2) is 0 Å². The van der Waals surface area contributed by atoms with Gasteiger partial charge in [0.25, 0.3) is 0 Å². The van der Waals surface area contributed by atoms with E-state index < -0.39 is 0 Å². The molecule has 0 fully saturated rings. The van der Waals surface area contributed by atoms with Gasteiger partial charge in [-0.15, -0.1) is 0 Å². The quantitative estimate of drug-likeness (QED) is 0.0853. The first-order valence-corrected chi connectivity index (χ1v) is 26.3. The van der Waals surface area contributed by atoms with Crippen molar-refractivity contribution in [3.63, 3.8) is 0 Å². The number of hydrogen-bond acceptors (Lipinski definition) is 0. The zero-order valence-electron chi connectivity index (χ0n) is 42.3. The second kappa shape index (κ2) is 25.2. The minimum absolute atomic E-state index is 0.347. The van der Waals surface area contributed by atoms with Crippen molar-refractivity contribution >= 4 is 0 Å². The van der Waals surface area contributed by atoms with Crippen LogP contribution in [0.25, 0.3) is 11.1 Å². The number of rotatable bonds is 17. The Bertz CT molecular complexity index is 3200. The van der Waals surface area contributed by atoms with Gasteiger partial charge in [-0.2, -0.15) is 0 Å². The third-order valence-electron chi connectivity index (χ3n) is 14.2. The lowest BCUT2D eigenvalue weighted by molar-refractivity contribution is 0.805. The van der Waals surface area contributed by atoms with Gasteiger partial charge >= 0.3 is 0 Å². The fourth-order valence-electron chi connectivity index (χ4n) is 9.98. The maximum Gasteiger partial charge on any atom is 0.0130 e. The van der Waals surface area contributed by atoms with Gasteiger partial charge in [-0.25, -0.2) is 0 Å². The highest BCUT2D eigenvalue weighted by Gasteiger charge is 2.15. The first-order chi connectivity index (χ1) is 36.6. The predicted molar refractivity (Wildman–Crippen MR) is 312 cm³/mol. The molecule has 0 aliphatic heterocycles. The molecular weight excluding hydrogens is 889 g/mol. The minimum Gasteiger partial charge on any atom is -0.0622 e. The molecule has 0 aromatic heterocycles. The maximum absolute atomic E-state index is 2.29. The van der Waals surface area contributed by atoms with Crippen molar-refractivity contribution in [2.45, 2.75) is 50.9 Å². The van der Waals surface area contributed by atoms with Gasteiger partial charge in [0.05, 0.1) is 0 Å². The summed E-state index contributed by atoms with van der Waals surface area (Å²) < 4.78 is 0. The van der Waals surface area contributed by atoms with E-state index in [0.717, 1.165) is 44.9 Å². The van der Waals surface area contributed by atoms with E-state index in [1.165, 1.54) is 94.6 Å². The average Bonchev–Trinajstić information content (AvgIpc) is 3.46. The van der Waals surface area contributed by atoms with Gasteiger partial charge in [0.1, 0.15) is 0 Å². The van der Waals surface area contributed by atoms with Crippen LogP contribution in [0.1, 0.15) is 89.4 Å². The number of hydrogen-bond donors (Lipinski definition) is 0. The van der Waals surface area contributed by atoms with Gasteiger partial charge in [0, 0.05) is 5.92 Å². The zero-order chi connectivity index (χ0) is 50.0. The second-order valence-electron chi connectivity index (χ2n) is 19.8. The van der Waals surface area contributed by atoms with E-state index in [-0.39, 0.29) is 0 Å². The molecule has 0 N–H and O–H groups in total. The largest absolute Gasteiger partial charge is 0.0622 e. The van der Waals surface area contributed by atoms with Crippen molar-refractivity contribution in [1.82, 2.24) is 0 Å². The summed E-state index contributed by atoms with van der Waals surface area (Å²) in [5, 5.41) is 0. The summed E-state index contributed by atoms with van der Waals surface area (Å²) in [5.74, 6) is 0.347. The highest BCUT2D eigenvalue weighted by atomic mass is 14.2. The van der Waals surface area contributed by atoms with Crippen molar-refractivity contribution in [3.05, 3.63) is 381 Å². The molecule has 0 heterocycles. The minimum atomic E-state index is 0.347. The van der Waals surface area contributed by atoms with Crippen LogP contribution in [0.15, 0.2) is 297 Å². The first kappa shape index (κ1) is 49.0. The van der Waals surface area contributed by atoms with Crippen molar-refractivity contribution < 1.29 is 0 Å². The maximum atomic E-state index is 2.29. The molecule has 0 unspecified atom stereocenters. The van der Waals surface area contributed by atoms with Crippen molar-refractivity contribution in [1.29, 1.82) is 0 Å². The van der Waals surface area contributed by atoms with Gasteiger partial charge in [0.2, 0.25) is 0 Å². The molecule has 360 valence electrons. The molecule has 0 saturated carbocycles. The smallest absolute Gasteiger partial charge is 0.0130 e. The lowest BCUT2D eigenvalue weighted by Gasteiger charge is -2.18. The summed E-state index contributed by atoms with van der Waals surface area (Å²) >= 11 is 0. The van der Waals surface area contributed by atoms with Gasteiger partial charge in [-0.1, -0.05) is 297 Å². The lowest BCUT2D eigenvalue weighted by atomic mass is 9.86. The summed E-state index contributed by atoms with van der Waals surface area (Å²) in [6.45, 7) is 0. The summed E-state index contributed by atoms with van der Waals surface area (Å²) in [6, 6.07) is 108. The van der Waals surface area contributed by atoms with Crippen LogP contribution >= 0.6 is 0 Å². The van der Waals surface area contributed by atoms with Crippen LogP contribution in [0.3, 0.4) is 0 Å². The standard InChI is InChI=1S/C40H34.C34H30/c1-4-10-31(11-5-1)28-32-16-18-33(19-17-32)29-34-20-24-36(25-21-34)37-26-22-35(23-27-37)30-40(38-12-6-2-7-13-38)39-14-8-3-9-15-39;1-3-7-27(8-4-1)23-29-11-15-31(16-12-29)25-33-19-21-34(22-20-33)26-32-17-13-30(14-18-32)24-28-9-5-2-6-10-28/h1-27,40H,28-30H2;1-22H,23-26H2. The molecule has 0 saturated heterocycles.